The number of nitrogen functional groups attached to an aromatic ring is 1. The van der Waals surface area contributed by atoms with Crippen molar-refractivity contribution >= 4 is 17.1 Å². The highest BCUT2D eigenvalue weighted by atomic mass is 19.4. The molecule has 0 saturated heterocycles. The quantitative estimate of drug-likeness (QED) is 0.835. The highest BCUT2D eigenvalue weighted by Gasteiger charge is 2.33. The van der Waals surface area contributed by atoms with Crippen molar-refractivity contribution in [2.45, 2.75) is 6.18 Å². The first-order valence-electron chi connectivity index (χ1n) is 5.78. The van der Waals surface area contributed by atoms with Crippen LogP contribution in [-0.2, 0) is 6.18 Å². The Bertz CT molecular complexity index is 612. The average molecular weight is 282 g/mol. The summed E-state index contributed by atoms with van der Waals surface area (Å²) in [6.07, 6.45) is -4.48. The van der Waals surface area contributed by atoms with E-state index < -0.39 is 11.7 Å². The van der Waals surface area contributed by atoms with Crippen LogP contribution in [0.25, 0.3) is 0 Å². The lowest BCUT2D eigenvalue weighted by Gasteiger charge is -2.13. The summed E-state index contributed by atoms with van der Waals surface area (Å²) in [5.74, 6) is 0.612. The van der Waals surface area contributed by atoms with Crippen LogP contribution in [0.15, 0.2) is 42.5 Å². The van der Waals surface area contributed by atoms with Gasteiger partial charge in [0.1, 0.15) is 5.75 Å². The number of benzene rings is 2. The maximum absolute atomic E-state index is 12.8. The molecular formula is C14H13F3N2O. The molecule has 0 saturated carbocycles. The minimum absolute atomic E-state index is 0.298. The molecule has 0 aromatic heterocycles. The minimum Gasteiger partial charge on any atom is -0.497 e. The summed E-state index contributed by atoms with van der Waals surface area (Å²) in [6.45, 7) is 0. The molecule has 0 radical (unpaired) electrons. The summed E-state index contributed by atoms with van der Waals surface area (Å²) in [4.78, 5) is 0. The van der Waals surface area contributed by atoms with Gasteiger partial charge in [-0.15, -0.1) is 0 Å². The van der Waals surface area contributed by atoms with Crippen LogP contribution in [0.5, 0.6) is 5.75 Å². The zero-order chi connectivity index (χ0) is 14.8. The van der Waals surface area contributed by atoms with Crippen molar-refractivity contribution in [1.29, 1.82) is 0 Å². The third-order valence-corrected chi connectivity index (χ3v) is 2.72. The van der Waals surface area contributed by atoms with Gasteiger partial charge in [0.2, 0.25) is 0 Å². The van der Waals surface area contributed by atoms with Crippen molar-refractivity contribution in [2.75, 3.05) is 18.2 Å². The molecule has 0 aliphatic rings. The van der Waals surface area contributed by atoms with Crippen LogP contribution in [0.1, 0.15) is 5.56 Å². The van der Waals surface area contributed by atoms with Crippen LogP contribution in [-0.4, -0.2) is 7.11 Å². The summed E-state index contributed by atoms with van der Waals surface area (Å²) in [5.41, 5.74) is 5.13. The van der Waals surface area contributed by atoms with E-state index in [9.17, 15) is 13.2 Å². The zero-order valence-corrected chi connectivity index (χ0v) is 10.7. The number of methoxy groups -OCH3 is 1. The highest BCUT2D eigenvalue weighted by molar-refractivity contribution is 5.65. The first-order chi connectivity index (χ1) is 9.40. The number of halogens is 3. The van der Waals surface area contributed by atoms with E-state index >= 15 is 0 Å². The molecule has 3 nitrogen and oxygen atoms in total. The number of nitrogens with one attached hydrogen (secondary N) is 1. The van der Waals surface area contributed by atoms with E-state index in [-0.39, 0.29) is 5.69 Å². The van der Waals surface area contributed by atoms with Gasteiger partial charge in [-0.25, -0.2) is 0 Å². The summed E-state index contributed by atoms with van der Waals surface area (Å²) in [5, 5.41) is 2.88. The molecule has 0 heterocycles. The number of hydrogen-bond donors (Lipinski definition) is 2. The fraction of sp³-hybridized carbons (Fsp3) is 0.143. The normalized spacial score (nSPS) is 11.2. The van der Waals surface area contributed by atoms with Gasteiger partial charge in [0.25, 0.3) is 0 Å². The average Bonchev–Trinajstić information content (AvgIpc) is 2.40. The van der Waals surface area contributed by atoms with E-state index in [2.05, 4.69) is 5.32 Å². The molecule has 0 unspecified atom stereocenters. The molecular weight excluding hydrogens is 269 g/mol. The number of nitrogens with two attached hydrogens (primary N) is 1. The molecule has 20 heavy (non-hydrogen) atoms. The van der Waals surface area contributed by atoms with E-state index in [1.807, 2.05) is 0 Å². The number of anilines is 3. The Morgan fingerprint density at radius 2 is 1.75 bits per heavy atom. The monoisotopic (exact) mass is 282 g/mol. The molecule has 0 bridgehead atoms. The number of alkyl halides is 3. The Balaban J connectivity index is 2.30. The van der Waals surface area contributed by atoms with Gasteiger partial charge in [-0.3, -0.25) is 0 Å². The van der Waals surface area contributed by atoms with Crippen molar-refractivity contribution in [3.05, 3.63) is 48.0 Å². The van der Waals surface area contributed by atoms with Gasteiger partial charge in [-0.05, 0) is 30.3 Å². The van der Waals surface area contributed by atoms with Crippen LogP contribution >= 0.6 is 0 Å². The highest BCUT2D eigenvalue weighted by Crippen LogP contribution is 2.35. The molecule has 0 atom stereocenters. The number of hydrogen-bond acceptors (Lipinski definition) is 3. The Labute approximate surface area is 114 Å². The van der Waals surface area contributed by atoms with Gasteiger partial charge in [-0.1, -0.05) is 6.07 Å². The maximum atomic E-state index is 12.8. The molecule has 2 aromatic carbocycles. The molecule has 3 N–H and O–H groups in total. The van der Waals surface area contributed by atoms with E-state index in [0.717, 1.165) is 6.07 Å². The van der Waals surface area contributed by atoms with E-state index in [1.54, 1.807) is 24.3 Å². The fourth-order valence-electron chi connectivity index (χ4n) is 1.75. The maximum Gasteiger partial charge on any atom is 0.418 e. The predicted molar refractivity (Wildman–Crippen MR) is 72.1 cm³/mol. The second kappa shape index (κ2) is 5.32. The molecule has 0 aliphatic heterocycles. The molecule has 106 valence electrons. The molecule has 0 aliphatic carbocycles. The van der Waals surface area contributed by atoms with Crippen LogP contribution in [0.4, 0.5) is 30.2 Å². The third-order valence-electron chi connectivity index (χ3n) is 2.72. The second-order valence-electron chi connectivity index (χ2n) is 4.16. The van der Waals surface area contributed by atoms with E-state index in [1.165, 1.54) is 19.2 Å². The van der Waals surface area contributed by atoms with Crippen molar-refractivity contribution in [3.8, 4) is 5.75 Å². The lowest BCUT2D eigenvalue weighted by atomic mass is 10.1. The van der Waals surface area contributed by atoms with Gasteiger partial charge < -0.3 is 15.8 Å². The van der Waals surface area contributed by atoms with Gasteiger partial charge in [-0.2, -0.15) is 13.2 Å². The molecule has 0 fully saturated rings. The van der Waals surface area contributed by atoms with Gasteiger partial charge in [0, 0.05) is 23.1 Å². The van der Waals surface area contributed by atoms with Crippen LogP contribution in [0.2, 0.25) is 0 Å². The van der Waals surface area contributed by atoms with Crippen molar-refractivity contribution in [1.82, 2.24) is 0 Å². The second-order valence-corrected chi connectivity index (χ2v) is 4.16. The Kier molecular flexibility index (Phi) is 3.74. The van der Waals surface area contributed by atoms with Crippen molar-refractivity contribution in [3.63, 3.8) is 0 Å². The topological polar surface area (TPSA) is 47.3 Å². The minimum atomic E-state index is -4.48. The van der Waals surface area contributed by atoms with Crippen molar-refractivity contribution in [2.24, 2.45) is 0 Å². The van der Waals surface area contributed by atoms with Gasteiger partial charge in [0.15, 0.2) is 0 Å². The number of ether oxygens (including phenoxy) is 1. The van der Waals surface area contributed by atoms with Crippen LogP contribution in [0, 0.1) is 0 Å². The molecule has 2 rings (SSSR count). The summed E-state index contributed by atoms with van der Waals surface area (Å²) in [6, 6.07) is 10.6. The van der Waals surface area contributed by atoms with Crippen molar-refractivity contribution < 1.29 is 17.9 Å². The Hall–Kier alpha value is -2.37. The first kappa shape index (κ1) is 14.0. The molecule has 0 amide bonds. The Morgan fingerprint density at radius 3 is 2.40 bits per heavy atom. The lowest BCUT2D eigenvalue weighted by Crippen LogP contribution is -2.09. The SMILES string of the molecule is COc1cccc(Nc2ccc(N)c(C(F)(F)F)c2)c1. The first-order valence-corrected chi connectivity index (χ1v) is 5.78. The summed E-state index contributed by atoms with van der Waals surface area (Å²) >= 11 is 0. The molecule has 0 spiro atoms. The van der Waals surface area contributed by atoms with Gasteiger partial charge >= 0.3 is 6.18 Å². The summed E-state index contributed by atoms with van der Waals surface area (Å²) < 4.78 is 43.3. The third kappa shape index (κ3) is 3.14. The zero-order valence-electron chi connectivity index (χ0n) is 10.7. The lowest BCUT2D eigenvalue weighted by molar-refractivity contribution is -0.136. The van der Waals surface area contributed by atoms with E-state index in [4.69, 9.17) is 10.5 Å². The van der Waals surface area contributed by atoms with Crippen LogP contribution < -0.4 is 15.8 Å². The van der Waals surface area contributed by atoms with E-state index in [0.29, 0.717) is 17.1 Å². The summed E-state index contributed by atoms with van der Waals surface area (Å²) in [7, 11) is 1.52. The Morgan fingerprint density at radius 1 is 1.05 bits per heavy atom. The largest absolute Gasteiger partial charge is 0.497 e. The predicted octanol–water partition coefficient (Wildman–Crippen LogP) is 4.04. The number of rotatable bonds is 3. The molecule has 6 heteroatoms. The molecule has 2 aromatic rings. The van der Waals surface area contributed by atoms with Crippen LogP contribution in [0.3, 0.4) is 0 Å². The fourth-order valence-corrected chi connectivity index (χ4v) is 1.75. The smallest absolute Gasteiger partial charge is 0.418 e. The van der Waals surface area contributed by atoms with Gasteiger partial charge in [0.05, 0.1) is 12.7 Å². The standard InChI is InChI=1S/C14H13F3N2O/c1-20-11-4-2-3-9(7-11)19-10-5-6-13(18)12(8-10)14(15,16)17/h2-8,19H,18H2,1H3.